The molecule has 4 aromatic rings. The van der Waals surface area contributed by atoms with Gasteiger partial charge in [-0.15, -0.1) is 10.2 Å². The van der Waals surface area contributed by atoms with Gasteiger partial charge in [-0.3, -0.25) is 10.1 Å². The molecule has 0 spiro atoms. The average molecular weight is 403 g/mol. The van der Waals surface area contributed by atoms with Crippen molar-refractivity contribution in [3.8, 4) is 22.7 Å². The quantitative estimate of drug-likeness (QED) is 0.491. The van der Waals surface area contributed by atoms with Crippen molar-refractivity contribution >= 4 is 28.5 Å². The summed E-state index contributed by atoms with van der Waals surface area (Å²) in [4.78, 5) is 12.2. The van der Waals surface area contributed by atoms with Gasteiger partial charge in [-0.1, -0.05) is 29.5 Å². The van der Waals surface area contributed by atoms with Crippen molar-refractivity contribution in [1.82, 2.24) is 20.0 Å². The molecule has 2 heterocycles. The number of hydrogen-bond donors (Lipinski definition) is 1. The van der Waals surface area contributed by atoms with Crippen LogP contribution in [0.25, 0.3) is 23.0 Å². The summed E-state index contributed by atoms with van der Waals surface area (Å²) in [7, 11) is 1.63. The molecule has 29 heavy (non-hydrogen) atoms. The van der Waals surface area contributed by atoms with Crippen LogP contribution in [0.3, 0.4) is 0 Å². The number of carbonyl (C=O) groups excluding carboxylic acids is 1. The second kappa shape index (κ2) is 8.49. The van der Waals surface area contributed by atoms with Crippen molar-refractivity contribution in [1.29, 1.82) is 0 Å². The van der Waals surface area contributed by atoms with Crippen LogP contribution in [0.2, 0.25) is 0 Å². The first-order valence-corrected chi connectivity index (χ1v) is 9.65. The number of amides is 1. The van der Waals surface area contributed by atoms with Crippen LogP contribution in [0.15, 0.2) is 72.4 Å². The van der Waals surface area contributed by atoms with Crippen LogP contribution in [-0.2, 0) is 4.79 Å². The third-order valence-corrected chi connectivity index (χ3v) is 4.74. The minimum atomic E-state index is -0.283. The summed E-state index contributed by atoms with van der Waals surface area (Å²) in [6, 6.07) is 17.4. The van der Waals surface area contributed by atoms with Gasteiger partial charge in [0.1, 0.15) is 11.3 Å². The fourth-order valence-corrected chi connectivity index (χ4v) is 3.18. The molecular formula is C21H17N5O2S. The normalized spacial score (nSPS) is 10.9. The first-order chi connectivity index (χ1) is 14.2. The molecule has 0 bridgehead atoms. The van der Waals surface area contributed by atoms with Crippen LogP contribution in [0.5, 0.6) is 5.75 Å². The lowest BCUT2D eigenvalue weighted by atomic mass is 10.1. The molecule has 1 amide bonds. The molecular weight excluding hydrogens is 386 g/mol. The van der Waals surface area contributed by atoms with Crippen LogP contribution in [-0.4, -0.2) is 33.0 Å². The number of carbonyl (C=O) groups is 1. The van der Waals surface area contributed by atoms with Gasteiger partial charge < -0.3 is 4.74 Å². The van der Waals surface area contributed by atoms with Crippen molar-refractivity contribution in [2.75, 3.05) is 12.4 Å². The molecule has 2 aromatic carbocycles. The Hall–Kier alpha value is -3.78. The third kappa shape index (κ3) is 4.39. The Kier molecular flexibility index (Phi) is 5.44. The topological polar surface area (TPSA) is 81.9 Å². The number of ether oxygens (including phenoxy) is 1. The summed E-state index contributed by atoms with van der Waals surface area (Å²) in [6.07, 6.45) is 5.09. The lowest BCUT2D eigenvalue weighted by Crippen LogP contribution is -2.07. The van der Waals surface area contributed by atoms with Gasteiger partial charge in [-0.2, -0.15) is 5.10 Å². The second-order valence-corrected chi connectivity index (χ2v) is 6.84. The number of nitrogens with zero attached hydrogens (tertiary/aromatic N) is 4. The Balaban J connectivity index is 1.67. The van der Waals surface area contributed by atoms with E-state index in [1.807, 2.05) is 60.8 Å². The summed E-state index contributed by atoms with van der Waals surface area (Å²) in [5, 5.41) is 15.4. The third-order valence-electron chi connectivity index (χ3n) is 4.13. The molecule has 8 heteroatoms. The maximum atomic E-state index is 12.2. The number of aromatic nitrogens is 4. The van der Waals surface area contributed by atoms with E-state index in [4.69, 9.17) is 9.84 Å². The molecule has 144 valence electrons. The number of anilines is 1. The summed E-state index contributed by atoms with van der Waals surface area (Å²) in [6.45, 7) is 0. The van der Waals surface area contributed by atoms with Gasteiger partial charge in [0, 0.05) is 23.4 Å². The molecule has 0 unspecified atom stereocenters. The standard InChI is InChI=1S/C21H17N5O2S/c1-28-18-10-7-15(8-11-18)20-16(9-12-19(27)23-21-24-22-14-29-21)13-26(25-20)17-5-3-2-4-6-17/h2-14H,1H3,(H,23,24,27)/b12-9+. The molecule has 0 radical (unpaired) electrons. The van der Waals surface area contributed by atoms with Gasteiger partial charge in [-0.05, 0) is 42.5 Å². The van der Waals surface area contributed by atoms with E-state index in [2.05, 4.69) is 15.5 Å². The summed E-state index contributed by atoms with van der Waals surface area (Å²) < 4.78 is 7.03. The van der Waals surface area contributed by atoms with E-state index in [9.17, 15) is 4.79 Å². The van der Waals surface area contributed by atoms with Crippen molar-refractivity contribution < 1.29 is 9.53 Å². The van der Waals surface area contributed by atoms with E-state index in [1.165, 1.54) is 17.4 Å². The Bertz CT molecular complexity index is 1120. The number of methoxy groups -OCH3 is 1. The molecule has 2 aromatic heterocycles. The molecule has 7 nitrogen and oxygen atoms in total. The number of benzene rings is 2. The lowest BCUT2D eigenvalue weighted by Gasteiger charge is -2.02. The minimum Gasteiger partial charge on any atom is -0.497 e. The minimum absolute atomic E-state index is 0.283. The molecule has 0 saturated heterocycles. The molecule has 0 saturated carbocycles. The van der Waals surface area contributed by atoms with Crippen LogP contribution in [0, 0.1) is 0 Å². The monoisotopic (exact) mass is 403 g/mol. The second-order valence-electron chi connectivity index (χ2n) is 6.01. The van der Waals surface area contributed by atoms with E-state index < -0.39 is 0 Å². The highest BCUT2D eigenvalue weighted by atomic mass is 32.1. The Morgan fingerprint density at radius 2 is 1.93 bits per heavy atom. The van der Waals surface area contributed by atoms with Crippen LogP contribution >= 0.6 is 11.3 Å². The van der Waals surface area contributed by atoms with E-state index in [0.29, 0.717) is 5.13 Å². The maximum Gasteiger partial charge on any atom is 0.250 e. The Morgan fingerprint density at radius 3 is 2.62 bits per heavy atom. The number of hydrogen-bond acceptors (Lipinski definition) is 6. The molecule has 0 fully saturated rings. The first kappa shape index (κ1) is 18.6. The highest BCUT2D eigenvalue weighted by Gasteiger charge is 2.11. The maximum absolute atomic E-state index is 12.2. The van der Waals surface area contributed by atoms with Gasteiger partial charge in [0.2, 0.25) is 11.0 Å². The van der Waals surface area contributed by atoms with Gasteiger partial charge in [-0.25, -0.2) is 4.68 Å². The Morgan fingerprint density at radius 1 is 1.14 bits per heavy atom. The van der Waals surface area contributed by atoms with Gasteiger partial charge in [0.15, 0.2) is 0 Å². The van der Waals surface area contributed by atoms with Crippen molar-refractivity contribution in [2.24, 2.45) is 0 Å². The smallest absolute Gasteiger partial charge is 0.250 e. The van der Waals surface area contributed by atoms with E-state index in [1.54, 1.807) is 23.4 Å². The number of para-hydroxylation sites is 1. The van der Waals surface area contributed by atoms with Gasteiger partial charge >= 0.3 is 0 Å². The number of rotatable bonds is 6. The lowest BCUT2D eigenvalue weighted by molar-refractivity contribution is -0.111. The molecule has 0 atom stereocenters. The molecule has 4 rings (SSSR count). The highest BCUT2D eigenvalue weighted by molar-refractivity contribution is 7.13. The zero-order valence-electron chi connectivity index (χ0n) is 15.5. The van der Waals surface area contributed by atoms with Crippen molar-refractivity contribution in [3.63, 3.8) is 0 Å². The highest BCUT2D eigenvalue weighted by Crippen LogP contribution is 2.26. The van der Waals surface area contributed by atoms with Crippen LogP contribution < -0.4 is 10.1 Å². The summed E-state index contributed by atoms with van der Waals surface area (Å²) >= 11 is 1.26. The largest absolute Gasteiger partial charge is 0.497 e. The summed E-state index contributed by atoms with van der Waals surface area (Å²) in [5.41, 5.74) is 4.98. The fourth-order valence-electron chi connectivity index (χ4n) is 2.74. The first-order valence-electron chi connectivity index (χ1n) is 8.77. The van der Waals surface area contributed by atoms with Crippen molar-refractivity contribution in [3.05, 3.63) is 77.9 Å². The molecule has 0 aliphatic carbocycles. The molecule has 1 N–H and O–H groups in total. The zero-order chi connectivity index (χ0) is 20.1. The zero-order valence-corrected chi connectivity index (χ0v) is 16.3. The fraction of sp³-hybridized carbons (Fsp3) is 0.0476. The molecule has 0 aliphatic heterocycles. The van der Waals surface area contributed by atoms with E-state index in [0.717, 1.165) is 28.3 Å². The van der Waals surface area contributed by atoms with E-state index >= 15 is 0 Å². The predicted molar refractivity (Wildman–Crippen MR) is 113 cm³/mol. The van der Waals surface area contributed by atoms with Crippen molar-refractivity contribution in [2.45, 2.75) is 0 Å². The van der Waals surface area contributed by atoms with Gasteiger partial charge in [0.05, 0.1) is 18.5 Å². The van der Waals surface area contributed by atoms with Gasteiger partial charge in [0.25, 0.3) is 0 Å². The molecule has 0 aliphatic rings. The average Bonchev–Trinajstić information content (AvgIpc) is 3.43. The predicted octanol–water partition coefficient (Wildman–Crippen LogP) is 4.05. The van der Waals surface area contributed by atoms with E-state index in [-0.39, 0.29) is 5.91 Å². The SMILES string of the molecule is COc1ccc(-c2nn(-c3ccccc3)cc2/C=C/C(=O)Nc2nncs2)cc1. The van der Waals surface area contributed by atoms with Crippen LogP contribution in [0.4, 0.5) is 5.13 Å². The summed E-state index contributed by atoms with van der Waals surface area (Å²) in [5.74, 6) is 0.486. The Labute approximate surface area is 171 Å². The van der Waals surface area contributed by atoms with Crippen LogP contribution in [0.1, 0.15) is 5.56 Å². The number of nitrogens with one attached hydrogen (secondary N) is 1.